The minimum absolute atomic E-state index is 0.0682. The summed E-state index contributed by atoms with van der Waals surface area (Å²) in [7, 11) is 3.44. The molecule has 0 aromatic heterocycles. The summed E-state index contributed by atoms with van der Waals surface area (Å²) in [6.07, 6.45) is 4.12. The largest absolute Gasteiger partial charge is 0.497 e. The lowest BCUT2D eigenvalue weighted by atomic mass is 9.77. The Balaban J connectivity index is 1.70. The van der Waals surface area contributed by atoms with Crippen molar-refractivity contribution >= 4 is 11.7 Å². The zero-order valence-electron chi connectivity index (χ0n) is 18.7. The van der Waals surface area contributed by atoms with Gasteiger partial charge in [0.05, 0.1) is 17.6 Å². The van der Waals surface area contributed by atoms with Gasteiger partial charge >= 0.3 is 5.97 Å². The lowest BCUT2D eigenvalue weighted by Crippen LogP contribution is -2.43. The molecule has 32 heavy (non-hydrogen) atoms. The molecule has 1 heterocycles. The second-order valence-electron chi connectivity index (χ2n) is 8.96. The van der Waals surface area contributed by atoms with Gasteiger partial charge in [-0.15, -0.1) is 0 Å². The van der Waals surface area contributed by atoms with Crippen LogP contribution in [0, 0.1) is 10.1 Å². The van der Waals surface area contributed by atoms with Gasteiger partial charge in [0.1, 0.15) is 17.3 Å². The van der Waals surface area contributed by atoms with Crippen molar-refractivity contribution in [1.82, 2.24) is 4.90 Å². The Bertz CT molecular complexity index is 980. The van der Waals surface area contributed by atoms with Gasteiger partial charge in [0.2, 0.25) is 0 Å². The summed E-state index contributed by atoms with van der Waals surface area (Å²) in [5.41, 5.74) is 0.393. The van der Waals surface area contributed by atoms with Crippen molar-refractivity contribution in [3.05, 3.63) is 69.8 Å². The Morgan fingerprint density at radius 3 is 2.56 bits per heavy atom. The number of carbonyl (C=O) groups is 1. The summed E-state index contributed by atoms with van der Waals surface area (Å²) in [5, 5.41) is 11.9. The molecule has 2 aliphatic rings. The van der Waals surface area contributed by atoms with Crippen LogP contribution in [0.2, 0.25) is 0 Å². The summed E-state index contributed by atoms with van der Waals surface area (Å²) in [5.74, 6) is 0.267. The van der Waals surface area contributed by atoms with Crippen LogP contribution >= 0.6 is 0 Å². The van der Waals surface area contributed by atoms with E-state index in [0.717, 1.165) is 25.7 Å². The molecule has 7 nitrogen and oxygen atoms in total. The van der Waals surface area contributed by atoms with E-state index in [2.05, 4.69) is 12.1 Å². The molecule has 1 saturated heterocycles. The van der Waals surface area contributed by atoms with Crippen LogP contribution in [-0.2, 0) is 14.9 Å². The van der Waals surface area contributed by atoms with E-state index < -0.39 is 10.3 Å². The van der Waals surface area contributed by atoms with Gasteiger partial charge in [-0.05, 0) is 57.0 Å². The number of nitrogens with zero attached hydrogens (tertiary/aromatic N) is 2. The Labute approximate surface area is 188 Å². The molecule has 0 spiro atoms. The monoisotopic (exact) mass is 438 g/mol. The zero-order valence-corrected chi connectivity index (χ0v) is 18.7. The van der Waals surface area contributed by atoms with E-state index >= 15 is 0 Å². The molecule has 1 aliphatic heterocycles. The third-order valence-electron chi connectivity index (χ3n) is 6.96. The van der Waals surface area contributed by atoms with Crippen LogP contribution in [0.15, 0.2) is 48.5 Å². The highest BCUT2D eigenvalue weighted by atomic mass is 16.6. The normalized spacial score (nSPS) is 25.9. The summed E-state index contributed by atoms with van der Waals surface area (Å²) >= 11 is 0. The predicted molar refractivity (Wildman–Crippen MR) is 121 cm³/mol. The number of likely N-dealkylation sites (tertiary alicyclic amines) is 1. The maximum atomic E-state index is 13.8. The average Bonchev–Trinajstić information content (AvgIpc) is 3.22. The smallest absolute Gasteiger partial charge is 0.318 e. The second-order valence-corrected chi connectivity index (χ2v) is 8.96. The van der Waals surface area contributed by atoms with Crippen LogP contribution < -0.4 is 4.74 Å². The molecule has 0 bridgehead atoms. The minimum atomic E-state index is -1.09. The van der Waals surface area contributed by atoms with Crippen molar-refractivity contribution in [3.63, 3.8) is 0 Å². The minimum Gasteiger partial charge on any atom is -0.497 e. The number of methoxy groups -OCH3 is 1. The lowest BCUT2D eigenvalue weighted by molar-refractivity contribution is -0.386. The maximum Gasteiger partial charge on any atom is 0.318 e. The van der Waals surface area contributed by atoms with Crippen molar-refractivity contribution < 1.29 is 19.2 Å². The number of benzene rings is 2. The number of ether oxygens (including phenoxy) is 2. The molecule has 3 atom stereocenters. The first-order valence-electron chi connectivity index (χ1n) is 11.2. The van der Waals surface area contributed by atoms with E-state index in [-0.39, 0.29) is 23.7 Å². The van der Waals surface area contributed by atoms with Crippen LogP contribution in [0.4, 0.5) is 5.69 Å². The Morgan fingerprint density at radius 1 is 1.16 bits per heavy atom. The number of carbonyl (C=O) groups excluding carboxylic acids is 1. The molecule has 170 valence electrons. The number of nitro benzene ring substituents is 1. The highest BCUT2D eigenvalue weighted by molar-refractivity contribution is 5.86. The van der Waals surface area contributed by atoms with Gasteiger partial charge in [-0.3, -0.25) is 14.9 Å². The first-order chi connectivity index (χ1) is 15.4. The van der Waals surface area contributed by atoms with E-state index in [4.69, 9.17) is 9.47 Å². The summed E-state index contributed by atoms with van der Waals surface area (Å²) < 4.78 is 11.6. The molecule has 0 N–H and O–H groups in total. The molecule has 2 aromatic carbocycles. The first-order valence-corrected chi connectivity index (χ1v) is 11.2. The standard InChI is InChI=1S/C25H30N2O5/c1-26-15-14-25(17-26,21-16-19(31-2)12-13-22(21)27(29)30)24(28)32-23-11-7-6-10-20(23)18-8-4-3-5-9-18/h3-5,8-9,12-13,16,20,23H,6-7,10-11,14-15,17H2,1-2H3/t20-,23?,25?/m1/s1. The van der Waals surface area contributed by atoms with E-state index in [1.807, 2.05) is 30.1 Å². The molecule has 0 amide bonds. The van der Waals surface area contributed by atoms with E-state index in [0.29, 0.717) is 30.8 Å². The summed E-state index contributed by atoms with van der Waals surface area (Å²) in [4.78, 5) is 27.3. The third-order valence-corrected chi connectivity index (χ3v) is 6.96. The summed E-state index contributed by atoms with van der Waals surface area (Å²) in [6, 6.07) is 14.8. The van der Waals surface area contributed by atoms with Crippen LogP contribution in [0.5, 0.6) is 5.75 Å². The van der Waals surface area contributed by atoms with Crippen molar-refractivity contribution in [2.45, 2.75) is 49.5 Å². The highest BCUT2D eigenvalue weighted by Crippen LogP contribution is 2.43. The van der Waals surface area contributed by atoms with Crippen molar-refractivity contribution in [2.75, 3.05) is 27.2 Å². The molecule has 0 radical (unpaired) electrons. The molecule has 1 aliphatic carbocycles. The fraction of sp³-hybridized carbons (Fsp3) is 0.480. The molecule has 1 saturated carbocycles. The number of hydrogen-bond donors (Lipinski definition) is 0. The number of esters is 1. The van der Waals surface area contributed by atoms with Gasteiger partial charge < -0.3 is 14.4 Å². The summed E-state index contributed by atoms with van der Waals surface area (Å²) in [6.45, 7) is 1.04. The fourth-order valence-corrected chi connectivity index (χ4v) is 5.25. The van der Waals surface area contributed by atoms with Gasteiger partial charge in [-0.25, -0.2) is 0 Å². The number of likely N-dealkylation sites (N-methyl/N-ethyl adjacent to an activating group) is 1. The van der Waals surface area contributed by atoms with E-state index in [1.165, 1.54) is 18.7 Å². The van der Waals surface area contributed by atoms with E-state index in [9.17, 15) is 14.9 Å². The highest BCUT2D eigenvalue weighted by Gasteiger charge is 2.51. The lowest BCUT2D eigenvalue weighted by Gasteiger charge is -2.35. The number of nitro groups is 1. The Morgan fingerprint density at radius 2 is 1.91 bits per heavy atom. The van der Waals surface area contributed by atoms with Crippen LogP contribution in [0.1, 0.15) is 49.1 Å². The first kappa shape index (κ1) is 22.3. The van der Waals surface area contributed by atoms with Crippen LogP contribution in [-0.4, -0.2) is 49.1 Å². The molecular formula is C25H30N2O5. The third kappa shape index (κ3) is 4.21. The van der Waals surface area contributed by atoms with Crippen LogP contribution in [0.25, 0.3) is 0 Å². The van der Waals surface area contributed by atoms with Crippen molar-refractivity contribution in [3.8, 4) is 5.75 Å². The molecular weight excluding hydrogens is 408 g/mol. The Kier molecular flexibility index (Phi) is 6.46. The average molecular weight is 439 g/mol. The maximum absolute atomic E-state index is 13.8. The molecule has 4 rings (SSSR count). The quantitative estimate of drug-likeness (QED) is 0.377. The SMILES string of the molecule is COc1ccc([N+](=O)[O-])c(C2(C(=O)OC3CCCC[C@@H]3c3ccccc3)CCN(C)C2)c1. The number of hydrogen-bond acceptors (Lipinski definition) is 6. The topological polar surface area (TPSA) is 81.9 Å². The van der Waals surface area contributed by atoms with Crippen molar-refractivity contribution in [2.24, 2.45) is 0 Å². The van der Waals surface area contributed by atoms with Gasteiger partial charge in [-0.2, -0.15) is 0 Å². The van der Waals surface area contributed by atoms with Gasteiger partial charge in [0.15, 0.2) is 0 Å². The molecule has 7 heteroatoms. The van der Waals surface area contributed by atoms with Gasteiger partial charge in [-0.1, -0.05) is 36.8 Å². The molecule has 2 unspecified atom stereocenters. The fourth-order valence-electron chi connectivity index (χ4n) is 5.25. The van der Waals surface area contributed by atoms with Crippen LogP contribution in [0.3, 0.4) is 0 Å². The molecule has 2 fully saturated rings. The number of rotatable bonds is 6. The van der Waals surface area contributed by atoms with Crippen molar-refractivity contribution in [1.29, 1.82) is 0 Å². The zero-order chi connectivity index (χ0) is 22.7. The second kappa shape index (κ2) is 9.28. The predicted octanol–water partition coefficient (Wildman–Crippen LogP) is 4.45. The molecule has 2 aromatic rings. The Hall–Kier alpha value is -2.93. The van der Waals surface area contributed by atoms with E-state index in [1.54, 1.807) is 12.1 Å². The van der Waals surface area contributed by atoms with Gasteiger partial charge in [0, 0.05) is 18.5 Å². The van der Waals surface area contributed by atoms with Gasteiger partial charge in [0.25, 0.3) is 5.69 Å².